The average Bonchev–Trinajstić information content (AvgIpc) is 3.29. The summed E-state index contributed by atoms with van der Waals surface area (Å²) in [5.74, 6) is -5.63. The van der Waals surface area contributed by atoms with E-state index in [-0.39, 0.29) is 11.8 Å². The minimum Gasteiger partial charge on any atom is -0.298 e. The number of benzene rings is 3. The lowest BCUT2D eigenvalue weighted by Gasteiger charge is -2.12. The summed E-state index contributed by atoms with van der Waals surface area (Å²) in [7, 11) is 0. The van der Waals surface area contributed by atoms with Gasteiger partial charge in [0.05, 0.1) is 11.2 Å². The molecule has 2 heterocycles. The summed E-state index contributed by atoms with van der Waals surface area (Å²) >= 11 is 0.920. The molecule has 5 rings (SSSR count). The molecule has 0 N–H and O–H groups in total. The van der Waals surface area contributed by atoms with Gasteiger partial charge >= 0.3 is 0 Å². The van der Waals surface area contributed by atoms with E-state index in [4.69, 9.17) is 4.98 Å². The number of allylic oxidation sites excluding steroid dienone is 1. The molecule has 0 atom stereocenters. The summed E-state index contributed by atoms with van der Waals surface area (Å²) in [4.78, 5) is 4.79. The summed E-state index contributed by atoms with van der Waals surface area (Å²) in [5.41, 5.74) is 2.48. The zero-order chi connectivity index (χ0) is 25.2. The van der Waals surface area contributed by atoms with Crippen molar-refractivity contribution in [2.45, 2.75) is 17.5 Å². The van der Waals surface area contributed by atoms with Crippen molar-refractivity contribution in [1.29, 1.82) is 0 Å². The van der Waals surface area contributed by atoms with E-state index in [2.05, 4.69) is 16.8 Å². The second-order valence-corrected chi connectivity index (χ2v) is 8.82. The highest BCUT2D eigenvalue weighted by Crippen LogP contribution is 2.34. The Kier molecular flexibility index (Phi) is 6.56. The van der Waals surface area contributed by atoms with E-state index < -0.39 is 28.8 Å². The number of thioether (sulfide) groups is 1. The van der Waals surface area contributed by atoms with Crippen LogP contribution >= 0.6 is 11.8 Å². The molecule has 0 bridgehead atoms. The molecule has 0 amide bonds. The average molecular weight is 507 g/mol. The number of halogens is 4. The summed E-state index contributed by atoms with van der Waals surface area (Å²) in [6.07, 6.45) is 1.64. The van der Waals surface area contributed by atoms with E-state index in [1.165, 1.54) is 0 Å². The third-order valence-corrected chi connectivity index (χ3v) is 6.60. The molecule has 0 unspecified atom stereocenters. The number of hydrogen-bond acceptors (Lipinski definition) is 4. The van der Waals surface area contributed by atoms with Crippen LogP contribution in [-0.2, 0) is 12.3 Å². The lowest BCUT2D eigenvalue weighted by Crippen LogP contribution is -2.04. The van der Waals surface area contributed by atoms with Crippen LogP contribution in [-0.4, -0.2) is 19.7 Å². The first-order chi connectivity index (χ1) is 17.5. The molecule has 36 heavy (non-hydrogen) atoms. The Morgan fingerprint density at radius 1 is 0.861 bits per heavy atom. The smallest absolute Gasteiger partial charge is 0.192 e. The van der Waals surface area contributed by atoms with E-state index >= 15 is 0 Å². The van der Waals surface area contributed by atoms with Crippen LogP contribution in [0.25, 0.3) is 33.5 Å². The van der Waals surface area contributed by atoms with Gasteiger partial charge in [-0.3, -0.25) is 4.57 Å². The van der Waals surface area contributed by atoms with Gasteiger partial charge in [-0.1, -0.05) is 66.4 Å². The second-order valence-electron chi connectivity index (χ2n) is 7.88. The van der Waals surface area contributed by atoms with Gasteiger partial charge in [0.25, 0.3) is 0 Å². The van der Waals surface area contributed by atoms with Crippen molar-refractivity contribution in [2.75, 3.05) is 0 Å². The summed E-state index contributed by atoms with van der Waals surface area (Å²) < 4.78 is 57.4. The SMILES string of the molecule is C=CCn1c(SCc2c(F)c(F)cc(F)c2F)nnc1-c1cc(-c2ccccc2)nc2ccccc12. The van der Waals surface area contributed by atoms with Crippen LogP contribution in [0, 0.1) is 23.3 Å². The van der Waals surface area contributed by atoms with E-state index in [9.17, 15) is 17.6 Å². The standard InChI is InChI=1S/C27H18F4N4S/c1-2-12-35-26(33-34-27(35)36-15-19-24(30)20(28)14-21(29)25(19)31)18-13-23(16-8-4-3-5-9-16)32-22-11-7-6-10-17(18)22/h2-11,13-14H,1,12,15H2. The van der Waals surface area contributed by atoms with Crippen LogP contribution in [0.1, 0.15) is 5.56 Å². The highest BCUT2D eigenvalue weighted by Gasteiger charge is 2.22. The lowest BCUT2D eigenvalue weighted by molar-refractivity contribution is 0.444. The fourth-order valence-corrected chi connectivity index (χ4v) is 4.83. The summed E-state index contributed by atoms with van der Waals surface area (Å²) in [6, 6.07) is 19.4. The first-order valence-electron chi connectivity index (χ1n) is 10.9. The van der Waals surface area contributed by atoms with Gasteiger partial charge in [0.2, 0.25) is 0 Å². The number of nitrogens with zero attached hydrogens (tertiary/aromatic N) is 4. The third-order valence-electron chi connectivity index (χ3n) is 5.60. The first kappa shape index (κ1) is 23.7. The van der Waals surface area contributed by atoms with Gasteiger partial charge in [-0.15, -0.1) is 16.8 Å². The van der Waals surface area contributed by atoms with Gasteiger partial charge in [-0.2, -0.15) is 0 Å². The number of aromatic nitrogens is 4. The molecule has 0 saturated carbocycles. The van der Waals surface area contributed by atoms with E-state index in [1.54, 1.807) is 10.6 Å². The van der Waals surface area contributed by atoms with Crippen LogP contribution in [0.2, 0.25) is 0 Å². The lowest BCUT2D eigenvalue weighted by atomic mass is 10.0. The Hall–Kier alpha value is -3.98. The summed E-state index contributed by atoms with van der Waals surface area (Å²) in [6.45, 7) is 4.09. The maximum atomic E-state index is 14.2. The van der Waals surface area contributed by atoms with Gasteiger partial charge in [-0.25, -0.2) is 22.5 Å². The van der Waals surface area contributed by atoms with E-state index in [0.29, 0.717) is 17.5 Å². The Morgan fingerprint density at radius 2 is 1.56 bits per heavy atom. The number of rotatable bonds is 7. The number of pyridine rings is 1. The van der Waals surface area contributed by atoms with Gasteiger partial charge < -0.3 is 0 Å². The van der Waals surface area contributed by atoms with E-state index in [1.807, 2.05) is 60.7 Å². The Labute approximate surface area is 208 Å². The van der Waals surface area contributed by atoms with Crippen LogP contribution < -0.4 is 0 Å². The van der Waals surface area contributed by atoms with Crippen molar-refractivity contribution in [1.82, 2.24) is 19.7 Å². The molecule has 2 aromatic heterocycles. The maximum absolute atomic E-state index is 14.2. The monoisotopic (exact) mass is 506 g/mol. The Morgan fingerprint density at radius 3 is 2.28 bits per heavy atom. The van der Waals surface area contributed by atoms with Gasteiger partial charge in [-0.05, 0) is 12.1 Å². The molecule has 0 spiro atoms. The molecular formula is C27H18F4N4S. The molecular weight excluding hydrogens is 488 g/mol. The molecule has 0 radical (unpaired) electrons. The molecule has 180 valence electrons. The largest absolute Gasteiger partial charge is 0.298 e. The summed E-state index contributed by atoms with van der Waals surface area (Å²) in [5, 5.41) is 9.74. The van der Waals surface area contributed by atoms with Gasteiger partial charge in [0, 0.05) is 40.4 Å². The number of para-hydroxylation sites is 1. The molecule has 9 heteroatoms. The molecule has 0 aliphatic carbocycles. The van der Waals surface area contributed by atoms with Crippen molar-refractivity contribution >= 4 is 22.7 Å². The third kappa shape index (κ3) is 4.37. The van der Waals surface area contributed by atoms with Crippen molar-refractivity contribution in [3.63, 3.8) is 0 Å². The highest BCUT2D eigenvalue weighted by atomic mass is 32.2. The second kappa shape index (κ2) is 9.94. The number of fused-ring (bicyclic) bond motifs is 1. The van der Waals surface area contributed by atoms with E-state index in [0.717, 1.165) is 39.5 Å². The minimum absolute atomic E-state index is 0.190. The molecule has 3 aromatic carbocycles. The van der Waals surface area contributed by atoms with Gasteiger partial charge in [0.15, 0.2) is 34.2 Å². The fraction of sp³-hybridized carbons (Fsp3) is 0.0741. The first-order valence-corrected chi connectivity index (χ1v) is 11.9. The molecule has 0 saturated heterocycles. The number of hydrogen-bond donors (Lipinski definition) is 0. The van der Waals surface area contributed by atoms with Crippen LogP contribution in [0.4, 0.5) is 17.6 Å². The normalized spacial score (nSPS) is 11.2. The van der Waals surface area contributed by atoms with Crippen LogP contribution in [0.15, 0.2) is 84.5 Å². The predicted molar refractivity (Wildman–Crippen MR) is 132 cm³/mol. The highest BCUT2D eigenvalue weighted by molar-refractivity contribution is 7.98. The van der Waals surface area contributed by atoms with Crippen LogP contribution in [0.5, 0.6) is 0 Å². The molecule has 4 nitrogen and oxygen atoms in total. The fourth-order valence-electron chi connectivity index (χ4n) is 3.89. The Balaban J connectivity index is 1.60. The minimum atomic E-state index is -1.45. The topological polar surface area (TPSA) is 43.6 Å². The zero-order valence-electron chi connectivity index (χ0n) is 18.8. The van der Waals surface area contributed by atoms with Crippen molar-refractivity contribution in [3.8, 4) is 22.6 Å². The van der Waals surface area contributed by atoms with Crippen molar-refractivity contribution in [3.05, 3.63) is 108 Å². The zero-order valence-corrected chi connectivity index (χ0v) is 19.6. The molecule has 0 aliphatic rings. The van der Waals surface area contributed by atoms with Gasteiger partial charge in [0.1, 0.15) is 0 Å². The predicted octanol–water partition coefficient (Wildman–Crippen LogP) is 7.20. The molecule has 5 aromatic rings. The maximum Gasteiger partial charge on any atom is 0.192 e. The molecule has 0 aliphatic heterocycles. The molecule has 0 fully saturated rings. The quantitative estimate of drug-likeness (QED) is 0.101. The van der Waals surface area contributed by atoms with Crippen molar-refractivity contribution < 1.29 is 17.6 Å². The van der Waals surface area contributed by atoms with Crippen molar-refractivity contribution in [2.24, 2.45) is 0 Å². The van der Waals surface area contributed by atoms with Crippen LogP contribution in [0.3, 0.4) is 0 Å². The Bertz CT molecular complexity index is 1560.